The van der Waals surface area contributed by atoms with Gasteiger partial charge in [0.15, 0.2) is 0 Å². The van der Waals surface area contributed by atoms with Crippen molar-refractivity contribution in [2.75, 3.05) is 0 Å². The molecule has 0 radical (unpaired) electrons. The van der Waals surface area contributed by atoms with E-state index >= 15 is 0 Å². The summed E-state index contributed by atoms with van der Waals surface area (Å²) in [6, 6.07) is 9.25. The highest BCUT2D eigenvalue weighted by Gasteiger charge is 2.27. The Labute approximate surface area is 116 Å². The average molecular weight is 266 g/mol. The number of nitrogens with one attached hydrogen (secondary N) is 1. The Kier molecular flexibility index (Phi) is 4.69. The van der Waals surface area contributed by atoms with E-state index in [1.807, 2.05) is 12.1 Å². The van der Waals surface area contributed by atoms with Crippen molar-refractivity contribution >= 4 is 11.6 Å². The molecule has 0 bridgehead atoms. The SMILES string of the molecule is CC(NC1CCCC(C)C1C)c1ccc(Cl)cc1. The second-order valence-corrected chi connectivity index (χ2v) is 6.25. The van der Waals surface area contributed by atoms with Crippen LogP contribution in [0.25, 0.3) is 0 Å². The predicted molar refractivity (Wildman–Crippen MR) is 79.0 cm³/mol. The maximum Gasteiger partial charge on any atom is 0.0406 e. The van der Waals surface area contributed by atoms with Crippen LogP contribution in [0.2, 0.25) is 5.02 Å². The van der Waals surface area contributed by atoms with Gasteiger partial charge in [-0.2, -0.15) is 0 Å². The minimum Gasteiger partial charge on any atom is -0.307 e. The second-order valence-electron chi connectivity index (χ2n) is 5.81. The Balaban J connectivity index is 1.98. The van der Waals surface area contributed by atoms with Crippen LogP contribution in [0.1, 0.15) is 51.6 Å². The molecular weight excluding hydrogens is 242 g/mol. The van der Waals surface area contributed by atoms with Gasteiger partial charge in [-0.3, -0.25) is 0 Å². The maximum absolute atomic E-state index is 5.93. The molecule has 1 N–H and O–H groups in total. The Morgan fingerprint density at radius 3 is 2.50 bits per heavy atom. The van der Waals surface area contributed by atoms with Crippen LogP contribution in [0.4, 0.5) is 0 Å². The number of hydrogen-bond acceptors (Lipinski definition) is 1. The topological polar surface area (TPSA) is 12.0 Å². The van der Waals surface area contributed by atoms with Gasteiger partial charge in [-0.15, -0.1) is 0 Å². The van der Waals surface area contributed by atoms with Crippen molar-refractivity contribution < 1.29 is 0 Å². The van der Waals surface area contributed by atoms with Gasteiger partial charge in [0, 0.05) is 17.1 Å². The number of halogens is 1. The van der Waals surface area contributed by atoms with Crippen molar-refractivity contribution in [1.82, 2.24) is 5.32 Å². The molecule has 0 aliphatic heterocycles. The molecular formula is C16H24ClN. The van der Waals surface area contributed by atoms with E-state index in [4.69, 9.17) is 11.6 Å². The number of benzene rings is 1. The molecule has 1 aromatic rings. The second kappa shape index (κ2) is 6.08. The molecule has 0 amide bonds. The average Bonchev–Trinajstić information content (AvgIpc) is 2.36. The van der Waals surface area contributed by atoms with Crippen LogP contribution in [-0.4, -0.2) is 6.04 Å². The summed E-state index contributed by atoms with van der Waals surface area (Å²) in [5.74, 6) is 1.61. The Morgan fingerprint density at radius 1 is 1.17 bits per heavy atom. The Morgan fingerprint density at radius 2 is 1.83 bits per heavy atom. The van der Waals surface area contributed by atoms with Crippen LogP contribution in [0.5, 0.6) is 0 Å². The fourth-order valence-electron chi connectivity index (χ4n) is 2.99. The number of hydrogen-bond donors (Lipinski definition) is 1. The molecule has 0 spiro atoms. The molecule has 2 heteroatoms. The van der Waals surface area contributed by atoms with Gasteiger partial charge in [0.05, 0.1) is 0 Å². The molecule has 4 atom stereocenters. The van der Waals surface area contributed by atoms with Crippen LogP contribution in [0.3, 0.4) is 0 Å². The summed E-state index contributed by atoms with van der Waals surface area (Å²) in [6.07, 6.45) is 4.05. The molecule has 0 saturated heterocycles. The van der Waals surface area contributed by atoms with Crippen LogP contribution < -0.4 is 5.32 Å². The van der Waals surface area contributed by atoms with Gasteiger partial charge in [-0.25, -0.2) is 0 Å². The van der Waals surface area contributed by atoms with Crippen LogP contribution in [0, 0.1) is 11.8 Å². The van der Waals surface area contributed by atoms with E-state index in [9.17, 15) is 0 Å². The van der Waals surface area contributed by atoms with Crippen LogP contribution >= 0.6 is 11.6 Å². The summed E-state index contributed by atoms with van der Waals surface area (Å²) < 4.78 is 0. The lowest BCUT2D eigenvalue weighted by Crippen LogP contribution is -2.41. The summed E-state index contributed by atoms with van der Waals surface area (Å²) in [7, 11) is 0. The van der Waals surface area contributed by atoms with E-state index in [1.165, 1.54) is 24.8 Å². The standard InChI is InChI=1S/C16H24ClN/c1-11-5-4-6-16(12(11)2)18-13(3)14-7-9-15(17)10-8-14/h7-13,16,18H,4-6H2,1-3H3. The van der Waals surface area contributed by atoms with E-state index in [0.29, 0.717) is 12.1 Å². The summed E-state index contributed by atoms with van der Waals surface area (Å²) in [5, 5.41) is 4.60. The van der Waals surface area contributed by atoms with Crippen LogP contribution in [-0.2, 0) is 0 Å². The fourth-order valence-corrected chi connectivity index (χ4v) is 3.11. The predicted octanol–water partition coefficient (Wildman–Crippen LogP) is 4.82. The molecule has 0 heterocycles. The van der Waals surface area contributed by atoms with Gasteiger partial charge < -0.3 is 5.32 Å². The van der Waals surface area contributed by atoms with Crippen molar-refractivity contribution in [1.29, 1.82) is 0 Å². The third-order valence-corrected chi connectivity index (χ3v) is 4.79. The van der Waals surface area contributed by atoms with E-state index in [-0.39, 0.29) is 0 Å². The van der Waals surface area contributed by atoms with Crippen molar-refractivity contribution in [2.45, 2.75) is 52.1 Å². The maximum atomic E-state index is 5.93. The molecule has 1 nitrogen and oxygen atoms in total. The first-order valence-corrected chi connectivity index (χ1v) is 7.47. The molecule has 1 aromatic carbocycles. The molecule has 100 valence electrons. The molecule has 18 heavy (non-hydrogen) atoms. The normalized spacial score (nSPS) is 30.1. The third-order valence-electron chi connectivity index (χ3n) is 4.54. The first kappa shape index (κ1) is 13.9. The molecule has 1 saturated carbocycles. The highest BCUT2D eigenvalue weighted by molar-refractivity contribution is 6.30. The zero-order chi connectivity index (χ0) is 13.1. The van der Waals surface area contributed by atoms with Gasteiger partial charge in [-0.1, -0.05) is 50.4 Å². The highest BCUT2D eigenvalue weighted by Crippen LogP contribution is 2.31. The summed E-state index contributed by atoms with van der Waals surface area (Å²) in [6.45, 7) is 7.01. The lowest BCUT2D eigenvalue weighted by molar-refractivity contribution is 0.196. The molecule has 4 unspecified atom stereocenters. The van der Waals surface area contributed by atoms with E-state index in [2.05, 4.69) is 38.2 Å². The largest absolute Gasteiger partial charge is 0.307 e. The minimum atomic E-state index is 0.403. The first-order chi connectivity index (χ1) is 8.58. The van der Waals surface area contributed by atoms with Gasteiger partial charge in [0.2, 0.25) is 0 Å². The van der Waals surface area contributed by atoms with Gasteiger partial charge in [0.25, 0.3) is 0 Å². The zero-order valence-corrected chi connectivity index (χ0v) is 12.4. The summed E-state index contributed by atoms with van der Waals surface area (Å²) in [4.78, 5) is 0. The first-order valence-electron chi connectivity index (χ1n) is 7.09. The molecule has 1 aliphatic rings. The quantitative estimate of drug-likeness (QED) is 0.827. The van der Waals surface area contributed by atoms with Gasteiger partial charge in [0.1, 0.15) is 0 Å². The van der Waals surface area contributed by atoms with Gasteiger partial charge >= 0.3 is 0 Å². The molecule has 0 aromatic heterocycles. The minimum absolute atomic E-state index is 0.403. The van der Waals surface area contributed by atoms with E-state index in [0.717, 1.165) is 16.9 Å². The summed E-state index contributed by atoms with van der Waals surface area (Å²) >= 11 is 5.93. The molecule has 2 rings (SSSR count). The highest BCUT2D eigenvalue weighted by atomic mass is 35.5. The van der Waals surface area contributed by atoms with Gasteiger partial charge in [-0.05, 0) is 42.9 Å². The monoisotopic (exact) mass is 265 g/mol. The van der Waals surface area contributed by atoms with Crippen molar-refractivity contribution in [3.05, 3.63) is 34.9 Å². The Hall–Kier alpha value is -0.530. The van der Waals surface area contributed by atoms with E-state index in [1.54, 1.807) is 0 Å². The lowest BCUT2D eigenvalue weighted by Gasteiger charge is -2.36. The van der Waals surface area contributed by atoms with Crippen molar-refractivity contribution in [3.8, 4) is 0 Å². The smallest absolute Gasteiger partial charge is 0.0406 e. The fraction of sp³-hybridized carbons (Fsp3) is 0.625. The van der Waals surface area contributed by atoms with E-state index < -0.39 is 0 Å². The zero-order valence-electron chi connectivity index (χ0n) is 11.6. The van der Waals surface area contributed by atoms with Crippen molar-refractivity contribution in [2.24, 2.45) is 11.8 Å². The van der Waals surface area contributed by atoms with Crippen LogP contribution in [0.15, 0.2) is 24.3 Å². The number of rotatable bonds is 3. The lowest BCUT2D eigenvalue weighted by atomic mass is 9.77. The molecule has 1 fully saturated rings. The Bertz CT molecular complexity index is 373. The molecule has 1 aliphatic carbocycles. The van der Waals surface area contributed by atoms with Crippen molar-refractivity contribution in [3.63, 3.8) is 0 Å². The summed E-state index contributed by atoms with van der Waals surface area (Å²) in [5.41, 5.74) is 1.32. The third kappa shape index (κ3) is 3.27.